The largest absolute Gasteiger partial charge is 0.447 e. The number of nitrogens with zero attached hydrogens (tertiary/aromatic N) is 4. The fourth-order valence-electron chi connectivity index (χ4n) is 2.92. The summed E-state index contributed by atoms with van der Waals surface area (Å²) >= 11 is 1.40. The van der Waals surface area contributed by atoms with Crippen molar-refractivity contribution in [1.82, 2.24) is 14.8 Å². The first-order chi connectivity index (χ1) is 16.0. The maximum atomic E-state index is 13.4. The Hall–Kier alpha value is -4.36. The van der Waals surface area contributed by atoms with Crippen LogP contribution in [-0.2, 0) is 9.53 Å². The SMILES string of the molecule is CC(OC(=O)c1nc(-c2cccs2)n(-c2ccc(F)cc2)n1)C(=O)Nc1ccccc1C#N. The van der Waals surface area contributed by atoms with E-state index in [1.165, 1.54) is 47.2 Å². The van der Waals surface area contributed by atoms with Gasteiger partial charge in [0.25, 0.3) is 11.7 Å². The van der Waals surface area contributed by atoms with Crippen molar-refractivity contribution in [1.29, 1.82) is 5.26 Å². The standard InChI is InChI=1S/C23H16FN5O3S/c1-14(22(30)26-18-6-3-2-5-15(18)13-25)32-23(31)20-27-21(19-7-4-12-33-19)29(28-20)17-10-8-16(24)9-11-17/h2-12,14H,1H3,(H,26,30). The summed E-state index contributed by atoms with van der Waals surface area (Å²) in [7, 11) is 0. The molecule has 0 fully saturated rings. The summed E-state index contributed by atoms with van der Waals surface area (Å²) in [5, 5.41) is 17.8. The molecule has 1 unspecified atom stereocenters. The van der Waals surface area contributed by atoms with Crippen LogP contribution in [0.15, 0.2) is 66.0 Å². The van der Waals surface area contributed by atoms with Gasteiger partial charge in [0.2, 0.25) is 0 Å². The molecule has 4 rings (SSSR count). The van der Waals surface area contributed by atoms with Crippen LogP contribution in [0.25, 0.3) is 16.4 Å². The average molecular weight is 461 g/mol. The molecule has 4 aromatic rings. The van der Waals surface area contributed by atoms with E-state index < -0.39 is 23.8 Å². The van der Waals surface area contributed by atoms with Crippen molar-refractivity contribution in [3.05, 3.63) is 83.2 Å². The Balaban J connectivity index is 1.55. The Morgan fingerprint density at radius 3 is 2.61 bits per heavy atom. The van der Waals surface area contributed by atoms with Gasteiger partial charge in [-0.25, -0.2) is 13.9 Å². The van der Waals surface area contributed by atoms with Gasteiger partial charge in [-0.1, -0.05) is 18.2 Å². The van der Waals surface area contributed by atoms with Gasteiger partial charge in [-0.05, 0) is 54.8 Å². The topological polar surface area (TPSA) is 110 Å². The minimum atomic E-state index is -1.17. The van der Waals surface area contributed by atoms with Crippen LogP contribution in [0.3, 0.4) is 0 Å². The molecule has 0 radical (unpaired) electrons. The second kappa shape index (κ2) is 9.42. The van der Waals surface area contributed by atoms with E-state index in [-0.39, 0.29) is 11.4 Å². The number of hydrogen-bond acceptors (Lipinski definition) is 7. The predicted octanol–water partition coefficient (Wildman–Crippen LogP) is 4.19. The molecule has 0 saturated heterocycles. The molecule has 1 N–H and O–H groups in total. The molecular formula is C23H16FN5O3S. The van der Waals surface area contributed by atoms with Crippen LogP contribution in [0.2, 0.25) is 0 Å². The number of esters is 1. The lowest BCUT2D eigenvalue weighted by molar-refractivity contribution is -0.123. The highest BCUT2D eigenvalue weighted by atomic mass is 32.1. The molecule has 2 heterocycles. The van der Waals surface area contributed by atoms with Crippen LogP contribution in [0, 0.1) is 17.1 Å². The molecule has 0 aliphatic heterocycles. The van der Waals surface area contributed by atoms with Gasteiger partial charge < -0.3 is 10.1 Å². The number of para-hydroxylation sites is 1. The Morgan fingerprint density at radius 2 is 1.91 bits per heavy atom. The lowest BCUT2D eigenvalue weighted by Gasteiger charge is -2.13. The van der Waals surface area contributed by atoms with Crippen molar-refractivity contribution in [3.8, 4) is 22.5 Å². The molecule has 0 aliphatic rings. The van der Waals surface area contributed by atoms with Gasteiger partial charge in [0.05, 0.1) is 21.8 Å². The van der Waals surface area contributed by atoms with Gasteiger partial charge in [-0.2, -0.15) is 10.2 Å². The highest BCUT2D eigenvalue weighted by molar-refractivity contribution is 7.13. The number of anilines is 1. The van der Waals surface area contributed by atoms with Crippen molar-refractivity contribution >= 4 is 28.9 Å². The lowest BCUT2D eigenvalue weighted by Crippen LogP contribution is -2.30. The number of amides is 1. The Bertz CT molecular complexity index is 1340. The summed E-state index contributed by atoms with van der Waals surface area (Å²) in [4.78, 5) is 30.2. The lowest BCUT2D eigenvalue weighted by atomic mass is 10.2. The van der Waals surface area contributed by atoms with Gasteiger partial charge in [-0.15, -0.1) is 16.4 Å². The number of nitrogens with one attached hydrogen (secondary N) is 1. The minimum absolute atomic E-state index is 0.250. The van der Waals surface area contributed by atoms with E-state index in [9.17, 15) is 14.0 Å². The molecule has 10 heteroatoms. The number of halogens is 1. The first kappa shape index (κ1) is 21.9. The van der Waals surface area contributed by atoms with Gasteiger partial charge in [0, 0.05) is 0 Å². The second-order valence-electron chi connectivity index (χ2n) is 6.82. The number of carbonyl (C=O) groups excluding carboxylic acids is 2. The van der Waals surface area contributed by atoms with Crippen LogP contribution < -0.4 is 5.32 Å². The number of aromatic nitrogens is 3. The normalized spacial score (nSPS) is 11.4. The molecule has 0 bridgehead atoms. The third-order valence-electron chi connectivity index (χ3n) is 4.56. The molecule has 1 atom stereocenters. The van der Waals surface area contributed by atoms with E-state index >= 15 is 0 Å². The number of rotatable bonds is 6. The van der Waals surface area contributed by atoms with Gasteiger partial charge in [-0.3, -0.25) is 4.79 Å². The summed E-state index contributed by atoms with van der Waals surface area (Å²) in [6.07, 6.45) is -1.17. The molecule has 0 saturated carbocycles. The van der Waals surface area contributed by atoms with Gasteiger partial charge in [0.1, 0.15) is 11.9 Å². The van der Waals surface area contributed by atoms with Crippen molar-refractivity contribution in [2.45, 2.75) is 13.0 Å². The zero-order chi connectivity index (χ0) is 23.4. The number of benzene rings is 2. The number of nitriles is 1. The van der Waals surface area contributed by atoms with Crippen LogP contribution >= 0.6 is 11.3 Å². The van der Waals surface area contributed by atoms with Crippen molar-refractivity contribution in [2.75, 3.05) is 5.32 Å². The van der Waals surface area contributed by atoms with E-state index in [0.29, 0.717) is 17.2 Å². The van der Waals surface area contributed by atoms with Crippen LogP contribution in [0.5, 0.6) is 0 Å². The summed E-state index contributed by atoms with van der Waals surface area (Å²) in [5.41, 5.74) is 1.10. The third-order valence-corrected chi connectivity index (χ3v) is 5.43. The number of thiophene rings is 1. The second-order valence-corrected chi connectivity index (χ2v) is 7.77. The smallest absolute Gasteiger partial charge is 0.379 e. The van der Waals surface area contributed by atoms with Crippen LogP contribution in [-0.4, -0.2) is 32.7 Å². The quantitative estimate of drug-likeness (QED) is 0.431. The van der Waals surface area contributed by atoms with Gasteiger partial charge in [0.15, 0.2) is 11.9 Å². The van der Waals surface area contributed by atoms with E-state index in [2.05, 4.69) is 15.4 Å². The number of ether oxygens (including phenoxy) is 1. The maximum absolute atomic E-state index is 13.4. The predicted molar refractivity (Wildman–Crippen MR) is 119 cm³/mol. The molecule has 0 spiro atoms. The van der Waals surface area contributed by atoms with Gasteiger partial charge >= 0.3 is 5.97 Å². The van der Waals surface area contributed by atoms with E-state index in [4.69, 9.17) is 10.00 Å². The third kappa shape index (κ3) is 4.78. The molecular weight excluding hydrogens is 445 g/mol. The summed E-state index contributed by atoms with van der Waals surface area (Å²) in [6, 6.07) is 17.7. The van der Waals surface area contributed by atoms with Crippen molar-refractivity contribution in [3.63, 3.8) is 0 Å². The molecule has 164 valence electrons. The minimum Gasteiger partial charge on any atom is -0.447 e. The van der Waals surface area contributed by atoms with Crippen molar-refractivity contribution < 1.29 is 18.7 Å². The van der Waals surface area contributed by atoms with E-state index in [0.717, 1.165) is 4.88 Å². The fourth-order valence-corrected chi connectivity index (χ4v) is 3.62. The van der Waals surface area contributed by atoms with E-state index in [1.54, 1.807) is 24.3 Å². The molecule has 2 aromatic heterocycles. The number of carbonyl (C=O) groups is 2. The highest BCUT2D eigenvalue weighted by Crippen LogP contribution is 2.26. The summed E-state index contributed by atoms with van der Waals surface area (Å²) in [5.74, 6) is -1.79. The molecule has 1 amide bonds. The van der Waals surface area contributed by atoms with Crippen molar-refractivity contribution in [2.24, 2.45) is 0 Å². The highest BCUT2D eigenvalue weighted by Gasteiger charge is 2.25. The zero-order valence-corrected chi connectivity index (χ0v) is 18.0. The zero-order valence-electron chi connectivity index (χ0n) is 17.2. The van der Waals surface area contributed by atoms with Crippen LogP contribution in [0.4, 0.5) is 10.1 Å². The fraction of sp³-hybridized carbons (Fsp3) is 0.0870. The molecule has 0 aliphatic carbocycles. The first-order valence-corrected chi connectivity index (χ1v) is 10.6. The summed E-state index contributed by atoms with van der Waals surface area (Å²) in [6.45, 7) is 1.40. The Kier molecular flexibility index (Phi) is 6.24. The average Bonchev–Trinajstić information content (AvgIpc) is 3.50. The maximum Gasteiger partial charge on any atom is 0.379 e. The molecule has 2 aromatic carbocycles. The Labute approximate surface area is 191 Å². The van der Waals surface area contributed by atoms with Crippen LogP contribution in [0.1, 0.15) is 23.1 Å². The van der Waals surface area contributed by atoms with E-state index in [1.807, 2.05) is 23.6 Å². The number of hydrogen-bond donors (Lipinski definition) is 1. The molecule has 33 heavy (non-hydrogen) atoms. The molecule has 8 nitrogen and oxygen atoms in total. The monoisotopic (exact) mass is 461 g/mol. The summed E-state index contributed by atoms with van der Waals surface area (Å²) < 4.78 is 20.0. The Morgan fingerprint density at radius 1 is 1.15 bits per heavy atom. The first-order valence-electron chi connectivity index (χ1n) is 9.74.